The molecule has 0 bridgehead atoms. The Morgan fingerprint density at radius 2 is 1.93 bits per heavy atom. The highest BCUT2D eigenvalue weighted by Gasteiger charge is 2.43. The van der Waals surface area contributed by atoms with Crippen LogP contribution in [0.3, 0.4) is 0 Å². The predicted molar refractivity (Wildman–Crippen MR) is 54.1 cm³/mol. The van der Waals surface area contributed by atoms with Crippen molar-refractivity contribution in [3.8, 4) is 0 Å². The van der Waals surface area contributed by atoms with Gasteiger partial charge in [0.15, 0.2) is 0 Å². The van der Waals surface area contributed by atoms with Gasteiger partial charge in [0.25, 0.3) is 0 Å². The second-order valence-electron chi connectivity index (χ2n) is 3.46. The van der Waals surface area contributed by atoms with Crippen LogP contribution in [0.4, 0.5) is 0 Å². The zero-order valence-electron chi connectivity index (χ0n) is 8.20. The molecule has 0 aromatic rings. The minimum Gasteiger partial charge on any atom is -0.395 e. The first-order chi connectivity index (χ1) is 6.97. The highest BCUT2D eigenvalue weighted by atomic mass is 32.2. The first kappa shape index (κ1) is 12.7. The fourth-order valence-electron chi connectivity index (χ4n) is 1.49. The molecule has 0 spiro atoms. The summed E-state index contributed by atoms with van der Waals surface area (Å²) in [5, 5.41) is 39.3. The smallest absolute Gasteiger partial charge is 0.217 e. The largest absolute Gasteiger partial charge is 0.395 e. The zero-order chi connectivity index (χ0) is 11.6. The molecule has 1 aliphatic rings. The van der Waals surface area contributed by atoms with Crippen LogP contribution in [0.15, 0.2) is 0 Å². The molecule has 5 N–H and O–H groups in total. The fraction of sp³-hybridized carbons (Fsp3) is 0.875. The summed E-state index contributed by atoms with van der Waals surface area (Å²) >= 11 is 0.929. The molecule has 6 nitrogen and oxygen atoms in total. The summed E-state index contributed by atoms with van der Waals surface area (Å²) in [5.41, 5.74) is -1.04. The number of aliphatic hydroxyl groups is 4. The number of carbonyl (C=O) groups excluding carboxylic acids is 1. The summed E-state index contributed by atoms with van der Waals surface area (Å²) in [6.45, 7) is 0.918. The molecule has 0 aliphatic carbocycles. The van der Waals surface area contributed by atoms with Crippen LogP contribution in [-0.4, -0.2) is 61.9 Å². The van der Waals surface area contributed by atoms with Crippen LogP contribution in [-0.2, 0) is 4.79 Å². The number of nitrogens with one attached hydrogen (secondary N) is 1. The summed E-state index contributed by atoms with van der Waals surface area (Å²) in [5.74, 6) is -0.395. The highest BCUT2D eigenvalue weighted by Crippen LogP contribution is 2.30. The quantitative estimate of drug-likeness (QED) is 0.367. The third-order valence-electron chi connectivity index (χ3n) is 2.27. The predicted octanol–water partition coefficient (Wildman–Crippen LogP) is -2.36. The van der Waals surface area contributed by atoms with Crippen LogP contribution in [0.2, 0.25) is 0 Å². The van der Waals surface area contributed by atoms with E-state index in [1.165, 1.54) is 6.92 Å². The van der Waals surface area contributed by atoms with Crippen LogP contribution in [0.1, 0.15) is 6.92 Å². The normalized spacial score (nSPS) is 41.3. The van der Waals surface area contributed by atoms with Gasteiger partial charge in [-0.3, -0.25) is 4.79 Å². The molecule has 1 rings (SSSR count). The minimum atomic E-state index is -1.28. The first-order valence-electron chi connectivity index (χ1n) is 4.55. The van der Waals surface area contributed by atoms with Crippen molar-refractivity contribution >= 4 is 17.7 Å². The molecular formula is C8H15NO5S. The van der Waals surface area contributed by atoms with Gasteiger partial charge in [0.2, 0.25) is 5.91 Å². The Balaban J connectivity index is 2.70. The third kappa shape index (κ3) is 2.82. The van der Waals surface area contributed by atoms with Crippen LogP contribution >= 0.6 is 11.8 Å². The van der Waals surface area contributed by atoms with E-state index in [2.05, 4.69) is 5.32 Å². The Labute approximate surface area is 91.3 Å². The van der Waals surface area contributed by atoms with Gasteiger partial charge < -0.3 is 25.7 Å². The van der Waals surface area contributed by atoms with Gasteiger partial charge >= 0.3 is 0 Å². The van der Waals surface area contributed by atoms with Gasteiger partial charge in [-0.25, -0.2) is 0 Å². The van der Waals surface area contributed by atoms with Crippen molar-refractivity contribution < 1.29 is 25.2 Å². The van der Waals surface area contributed by atoms with Crippen LogP contribution in [0, 0.1) is 0 Å². The van der Waals surface area contributed by atoms with Gasteiger partial charge in [0, 0.05) is 6.92 Å². The van der Waals surface area contributed by atoms with E-state index in [4.69, 9.17) is 5.11 Å². The molecular weight excluding hydrogens is 222 g/mol. The number of hydrogen-bond acceptors (Lipinski definition) is 6. The lowest BCUT2D eigenvalue weighted by molar-refractivity contribution is -0.122. The molecule has 3 unspecified atom stereocenters. The van der Waals surface area contributed by atoms with Crippen molar-refractivity contribution in [1.29, 1.82) is 0 Å². The lowest BCUT2D eigenvalue weighted by Crippen LogP contribution is -2.60. The molecule has 88 valence electrons. The van der Waals surface area contributed by atoms with E-state index in [1.54, 1.807) is 0 Å². The van der Waals surface area contributed by atoms with E-state index in [1.807, 2.05) is 0 Å². The molecule has 0 aromatic carbocycles. The number of amides is 1. The maximum absolute atomic E-state index is 10.8. The maximum Gasteiger partial charge on any atom is 0.217 e. The third-order valence-corrected chi connectivity index (χ3v) is 3.62. The van der Waals surface area contributed by atoms with Gasteiger partial charge in [0.05, 0.1) is 24.0 Å². The van der Waals surface area contributed by atoms with Crippen molar-refractivity contribution in [2.75, 3.05) is 6.61 Å². The van der Waals surface area contributed by atoms with E-state index >= 15 is 0 Å². The number of carbonyl (C=O) groups is 1. The van der Waals surface area contributed by atoms with E-state index in [-0.39, 0.29) is 6.61 Å². The van der Waals surface area contributed by atoms with Crippen molar-refractivity contribution in [2.45, 2.75) is 35.9 Å². The second-order valence-corrected chi connectivity index (χ2v) is 4.82. The van der Waals surface area contributed by atoms with Crippen molar-refractivity contribution in [3.05, 3.63) is 0 Å². The lowest BCUT2D eigenvalue weighted by Gasteiger charge is -2.39. The van der Waals surface area contributed by atoms with Gasteiger partial charge in [-0.05, 0) is 0 Å². The molecule has 0 saturated carbocycles. The van der Waals surface area contributed by atoms with Gasteiger partial charge in [-0.2, -0.15) is 0 Å². The Morgan fingerprint density at radius 3 is 2.40 bits per heavy atom. The molecule has 0 radical (unpaired) electrons. The van der Waals surface area contributed by atoms with Crippen molar-refractivity contribution in [2.24, 2.45) is 0 Å². The van der Waals surface area contributed by atoms with E-state index in [0.717, 1.165) is 11.8 Å². The number of rotatable bonds is 2. The highest BCUT2D eigenvalue weighted by molar-refractivity contribution is 8.00. The van der Waals surface area contributed by atoms with Crippen LogP contribution in [0.5, 0.6) is 0 Å². The van der Waals surface area contributed by atoms with Crippen molar-refractivity contribution in [1.82, 2.24) is 5.32 Å². The number of thioether (sulfide) groups is 1. The number of hydrogen-bond donors (Lipinski definition) is 5. The zero-order valence-corrected chi connectivity index (χ0v) is 9.02. The molecule has 1 aliphatic heterocycles. The molecule has 15 heavy (non-hydrogen) atoms. The Hall–Kier alpha value is -0.340. The van der Waals surface area contributed by atoms with E-state index in [0.29, 0.717) is 0 Å². The molecule has 1 fully saturated rings. The monoisotopic (exact) mass is 237 g/mol. The van der Waals surface area contributed by atoms with Gasteiger partial charge in [-0.15, -0.1) is 11.8 Å². The van der Waals surface area contributed by atoms with Crippen LogP contribution in [0.25, 0.3) is 0 Å². The molecule has 0 aromatic heterocycles. The maximum atomic E-state index is 10.8. The Kier molecular flexibility index (Phi) is 4.35. The summed E-state index contributed by atoms with van der Waals surface area (Å²) in [7, 11) is 0. The van der Waals surface area contributed by atoms with E-state index < -0.39 is 34.8 Å². The average Bonchev–Trinajstić information content (AvgIpc) is 2.18. The first-order valence-corrected chi connectivity index (χ1v) is 5.49. The standard InChI is InChI=1S/C8H15NO5S/c1-3(11)9-5-7(13)6(12)4(2-10)15-8(5)14/h4-8,10,12-14H,2H2,1H3,(H,9,11)/t4?,5?,6-,7?,8-/m1/s1. The topological polar surface area (TPSA) is 110 Å². The summed E-state index contributed by atoms with van der Waals surface area (Å²) < 4.78 is 0. The summed E-state index contributed by atoms with van der Waals surface area (Å²) in [6.07, 6.45) is -2.44. The second kappa shape index (κ2) is 5.13. The van der Waals surface area contributed by atoms with Crippen LogP contribution < -0.4 is 5.32 Å². The average molecular weight is 237 g/mol. The summed E-state index contributed by atoms with van der Waals surface area (Å²) in [6, 6.07) is -0.912. The van der Waals surface area contributed by atoms with Crippen molar-refractivity contribution in [3.63, 3.8) is 0 Å². The minimum absolute atomic E-state index is 0.341. The molecule has 1 saturated heterocycles. The Morgan fingerprint density at radius 1 is 1.33 bits per heavy atom. The molecule has 1 heterocycles. The SMILES string of the molecule is CC(=O)NC1C(O)[C@H](O)C(CO)S[C@H]1O. The lowest BCUT2D eigenvalue weighted by atomic mass is 10.0. The van der Waals surface area contributed by atoms with E-state index in [9.17, 15) is 20.1 Å². The number of aliphatic hydroxyl groups excluding tert-OH is 4. The summed E-state index contributed by atoms with van der Waals surface area (Å²) in [4.78, 5) is 10.8. The molecule has 7 heteroatoms. The Bertz CT molecular complexity index is 239. The molecule has 5 atom stereocenters. The van der Waals surface area contributed by atoms with Gasteiger partial charge in [-0.1, -0.05) is 0 Å². The molecule has 1 amide bonds. The van der Waals surface area contributed by atoms with Gasteiger partial charge in [0.1, 0.15) is 11.5 Å². The fourth-order valence-corrected chi connectivity index (χ4v) is 2.65.